The average Bonchev–Trinajstić information content (AvgIpc) is 2.69. The van der Waals surface area contributed by atoms with Crippen molar-refractivity contribution < 1.29 is 9.53 Å². The van der Waals surface area contributed by atoms with Crippen molar-refractivity contribution in [3.8, 4) is 0 Å². The van der Waals surface area contributed by atoms with Gasteiger partial charge in [-0.3, -0.25) is 4.79 Å². The average molecular weight is 268 g/mol. The molecule has 98 valence electrons. The predicted octanol–water partition coefficient (Wildman–Crippen LogP) is 1.03. The van der Waals surface area contributed by atoms with Crippen molar-refractivity contribution in [2.75, 3.05) is 6.61 Å². The third-order valence-electron chi connectivity index (χ3n) is 2.74. The lowest BCUT2D eigenvalue weighted by Crippen LogP contribution is -2.22. The van der Waals surface area contributed by atoms with Crippen molar-refractivity contribution in [3.63, 3.8) is 0 Å². The van der Waals surface area contributed by atoms with Gasteiger partial charge in [0.1, 0.15) is 5.92 Å². The summed E-state index contributed by atoms with van der Waals surface area (Å²) in [6.45, 7) is 2.18. The van der Waals surface area contributed by atoms with E-state index in [0.29, 0.717) is 11.7 Å². The zero-order chi connectivity index (χ0) is 13.1. The number of esters is 1. The van der Waals surface area contributed by atoms with Crippen molar-refractivity contribution >= 4 is 28.4 Å². The molecule has 1 heterocycles. The van der Waals surface area contributed by atoms with Crippen LogP contribution in [0.15, 0.2) is 4.99 Å². The molecule has 4 N–H and O–H groups in total. The Kier molecular flexibility index (Phi) is 3.81. The van der Waals surface area contributed by atoms with Crippen LogP contribution < -0.4 is 11.5 Å². The first-order valence-electron chi connectivity index (χ1n) is 5.87. The summed E-state index contributed by atoms with van der Waals surface area (Å²) < 4.78 is 5.07. The van der Waals surface area contributed by atoms with Gasteiger partial charge in [-0.05, 0) is 26.2 Å². The molecular formula is C11H16N4O2S. The molecule has 0 aliphatic heterocycles. The van der Waals surface area contributed by atoms with Crippen LogP contribution in [0.1, 0.15) is 36.3 Å². The Morgan fingerprint density at radius 2 is 2.39 bits per heavy atom. The topological polar surface area (TPSA) is 104 Å². The normalized spacial score (nSPS) is 17.9. The minimum atomic E-state index is -0.270. The fourth-order valence-electron chi connectivity index (χ4n) is 2.04. The summed E-state index contributed by atoms with van der Waals surface area (Å²) in [6.07, 6.45) is 2.65. The number of fused-ring (bicyclic) bond motifs is 1. The Morgan fingerprint density at radius 3 is 3.06 bits per heavy atom. The lowest BCUT2D eigenvalue weighted by Gasteiger charge is -2.18. The van der Waals surface area contributed by atoms with Crippen molar-refractivity contribution in [1.29, 1.82) is 0 Å². The van der Waals surface area contributed by atoms with E-state index < -0.39 is 0 Å². The Labute approximate surface area is 109 Å². The Morgan fingerprint density at radius 1 is 1.61 bits per heavy atom. The van der Waals surface area contributed by atoms with E-state index >= 15 is 0 Å². The molecule has 0 bridgehead atoms. The van der Waals surface area contributed by atoms with Gasteiger partial charge in [0.25, 0.3) is 0 Å². The number of hydrogen-bond donors (Lipinski definition) is 2. The van der Waals surface area contributed by atoms with Gasteiger partial charge in [-0.15, -0.1) is 0 Å². The molecule has 0 spiro atoms. The van der Waals surface area contributed by atoms with Gasteiger partial charge in [0.15, 0.2) is 5.96 Å². The van der Waals surface area contributed by atoms with Crippen LogP contribution in [0, 0.1) is 0 Å². The SMILES string of the molecule is CCOC(=O)C1CCCc2sc(N=C(N)N)nc21. The molecule has 0 fully saturated rings. The second-order valence-electron chi connectivity index (χ2n) is 4.04. The number of nitrogens with two attached hydrogens (primary N) is 2. The minimum Gasteiger partial charge on any atom is -0.465 e. The van der Waals surface area contributed by atoms with Crippen molar-refractivity contribution in [3.05, 3.63) is 10.6 Å². The predicted molar refractivity (Wildman–Crippen MR) is 69.9 cm³/mol. The van der Waals surface area contributed by atoms with E-state index in [9.17, 15) is 4.79 Å². The fourth-order valence-corrected chi connectivity index (χ4v) is 3.09. The first-order valence-corrected chi connectivity index (χ1v) is 6.69. The molecule has 0 aromatic carbocycles. The Hall–Kier alpha value is -1.63. The fraction of sp³-hybridized carbons (Fsp3) is 0.545. The zero-order valence-electron chi connectivity index (χ0n) is 10.2. The summed E-state index contributed by atoms with van der Waals surface area (Å²) in [7, 11) is 0. The molecule has 18 heavy (non-hydrogen) atoms. The molecule has 7 heteroatoms. The number of aryl methyl sites for hydroxylation is 1. The number of carbonyl (C=O) groups is 1. The highest BCUT2D eigenvalue weighted by molar-refractivity contribution is 7.15. The third-order valence-corrected chi connectivity index (χ3v) is 3.76. The summed E-state index contributed by atoms with van der Waals surface area (Å²) in [4.78, 5) is 21.2. The number of thiazole rings is 1. The molecule has 6 nitrogen and oxygen atoms in total. The smallest absolute Gasteiger partial charge is 0.315 e. The number of aliphatic imine (C=N–C) groups is 1. The van der Waals surface area contributed by atoms with Crippen LogP contribution in [0.5, 0.6) is 0 Å². The zero-order valence-corrected chi connectivity index (χ0v) is 11.0. The van der Waals surface area contributed by atoms with Gasteiger partial charge >= 0.3 is 5.97 Å². The van der Waals surface area contributed by atoms with E-state index in [4.69, 9.17) is 16.2 Å². The standard InChI is InChI=1S/C11H16N4O2S/c1-2-17-9(16)6-4-3-5-7-8(6)14-11(18-7)15-10(12)13/h6H,2-5H2,1H3,(H4,12,13,14,15). The molecule has 1 aliphatic rings. The van der Waals surface area contributed by atoms with Crippen LogP contribution in [0.3, 0.4) is 0 Å². The summed E-state index contributed by atoms with van der Waals surface area (Å²) in [6, 6.07) is 0. The highest BCUT2D eigenvalue weighted by Gasteiger charge is 2.31. The minimum absolute atomic E-state index is 0.0196. The largest absolute Gasteiger partial charge is 0.465 e. The van der Waals surface area contributed by atoms with Gasteiger partial charge in [0.2, 0.25) is 5.13 Å². The molecule has 1 aliphatic carbocycles. The quantitative estimate of drug-likeness (QED) is 0.484. The first kappa shape index (κ1) is 12.8. The molecule has 0 saturated carbocycles. The van der Waals surface area contributed by atoms with Gasteiger partial charge in [0, 0.05) is 4.88 Å². The summed E-state index contributed by atoms with van der Waals surface area (Å²) in [5.74, 6) is -0.498. The summed E-state index contributed by atoms with van der Waals surface area (Å²) in [5.41, 5.74) is 11.4. The van der Waals surface area contributed by atoms with Crippen molar-refractivity contribution in [2.45, 2.75) is 32.1 Å². The Balaban J connectivity index is 2.28. The summed E-state index contributed by atoms with van der Waals surface area (Å²) in [5, 5.41) is 0.510. The van der Waals surface area contributed by atoms with E-state index in [0.717, 1.165) is 29.8 Å². The van der Waals surface area contributed by atoms with Crippen LogP contribution in [-0.2, 0) is 16.0 Å². The number of carbonyl (C=O) groups excluding carboxylic acids is 1. The van der Waals surface area contributed by atoms with Crippen molar-refractivity contribution in [1.82, 2.24) is 4.98 Å². The number of hydrogen-bond acceptors (Lipinski definition) is 5. The van der Waals surface area contributed by atoms with Gasteiger partial charge in [-0.25, -0.2) is 4.98 Å². The summed E-state index contributed by atoms with van der Waals surface area (Å²) >= 11 is 1.44. The number of ether oxygens (including phenoxy) is 1. The lowest BCUT2D eigenvalue weighted by molar-refractivity contribution is -0.145. The van der Waals surface area contributed by atoms with Crippen LogP contribution in [0.2, 0.25) is 0 Å². The highest BCUT2D eigenvalue weighted by Crippen LogP contribution is 2.38. The van der Waals surface area contributed by atoms with E-state index in [1.54, 1.807) is 6.92 Å². The molecular weight excluding hydrogens is 252 g/mol. The van der Waals surface area contributed by atoms with Crippen LogP contribution >= 0.6 is 11.3 Å². The van der Waals surface area contributed by atoms with E-state index in [1.807, 2.05) is 0 Å². The van der Waals surface area contributed by atoms with Gasteiger partial charge < -0.3 is 16.2 Å². The van der Waals surface area contributed by atoms with Crippen LogP contribution in [0.4, 0.5) is 5.13 Å². The highest BCUT2D eigenvalue weighted by atomic mass is 32.1. The Bertz CT molecular complexity index is 479. The maximum Gasteiger partial charge on any atom is 0.315 e. The van der Waals surface area contributed by atoms with Gasteiger partial charge in [0.05, 0.1) is 12.3 Å². The van der Waals surface area contributed by atoms with E-state index in [2.05, 4.69) is 9.98 Å². The lowest BCUT2D eigenvalue weighted by atomic mass is 9.91. The monoisotopic (exact) mass is 268 g/mol. The number of rotatable bonds is 3. The van der Waals surface area contributed by atoms with E-state index in [-0.39, 0.29) is 17.8 Å². The van der Waals surface area contributed by atoms with Gasteiger partial charge in [-0.2, -0.15) is 4.99 Å². The number of aromatic nitrogens is 1. The third kappa shape index (κ3) is 2.61. The second kappa shape index (κ2) is 5.34. The van der Waals surface area contributed by atoms with Crippen LogP contribution in [-0.4, -0.2) is 23.5 Å². The maximum atomic E-state index is 11.8. The molecule has 1 unspecified atom stereocenters. The molecule has 0 amide bonds. The van der Waals surface area contributed by atoms with Crippen molar-refractivity contribution in [2.24, 2.45) is 16.5 Å². The van der Waals surface area contributed by atoms with Gasteiger partial charge in [-0.1, -0.05) is 11.3 Å². The number of nitrogens with zero attached hydrogens (tertiary/aromatic N) is 2. The second-order valence-corrected chi connectivity index (χ2v) is 5.10. The molecule has 1 aromatic heterocycles. The molecule has 2 rings (SSSR count). The number of guanidine groups is 1. The van der Waals surface area contributed by atoms with Crippen LogP contribution in [0.25, 0.3) is 0 Å². The molecule has 0 saturated heterocycles. The van der Waals surface area contributed by atoms with E-state index in [1.165, 1.54) is 11.3 Å². The molecule has 0 radical (unpaired) electrons. The molecule has 1 aromatic rings. The maximum absolute atomic E-state index is 11.8. The molecule has 1 atom stereocenters. The first-order chi connectivity index (χ1) is 8.61.